The third-order valence-electron chi connectivity index (χ3n) is 5.64. The van der Waals surface area contributed by atoms with Gasteiger partial charge in [0, 0.05) is 25.6 Å². The summed E-state index contributed by atoms with van der Waals surface area (Å²) in [5, 5.41) is 17.1. The van der Waals surface area contributed by atoms with Gasteiger partial charge >= 0.3 is 0 Å². The summed E-state index contributed by atoms with van der Waals surface area (Å²) in [5.41, 5.74) is 0.524. The van der Waals surface area contributed by atoms with E-state index in [1.165, 1.54) is 17.7 Å². The molecule has 2 aromatic rings. The van der Waals surface area contributed by atoms with Crippen LogP contribution in [0, 0.1) is 11.8 Å². The summed E-state index contributed by atoms with van der Waals surface area (Å²) in [6, 6.07) is 12.9. The quantitative estimate of drug-likeness (QED) is 0.791. The van der Waals surface area contributed by atoms with Crippen molar-refractivity contribution < 1.29 is 9.90 Å². The molecule has 26 heavy (non-hydrogen) atoms. The number of hydrogen-bond acceptors (Lipinski definition) is 5. The van der Waals surface area contributed by atoms with Crippen molar-refractivity contribution in [3.63, 3.8) is 0 Å². The molecule has 2 fully saturated rings. The fourth-order valence-electron chi connectivity index (χ4n) is 4.59. The van der Waals surface area contributed by atoms with Gasteiger partial charge in [-0.3, -0.25) is 14.5 Å². The Hall–Kier alpha value is -2.31. The number of hydrogen-bond donors (Lipinski definition) is 2. The molecule has 6 heteroatoms. The van der Waals surface area contributed by atoms with Gasteiger partial charge in [0.15, 0.2) is 5.78 Å². The molecule has 1 saturated carbocycles. The number of fused-ring (bicyclic) bond motifs is 1. The summed E-state index contributed by atoms with van der Waals surface area (Å²) in [6.45, 7) is 1.97. The molecule has 1 aromatic heterocycles. The van der Waals surface area contributed by atoms with Crippen LogP contribution >= 0.6 is 0 Å². The highest BCUT2D eigenvalue weighted by molar-refractivity contribution is 5.95. The van der Waals surface area contributed by atoms with Crippen LogP contribution in [0.1, 0.15) is 28.9 Å². The van der Waals surface area contributed by atoms with Crippen molar-refractivity contribution >= 4 is 5.78 Å². The lowest BCUT2D eigenvalue weighted by Gasteiger charge is -2.25. The van der Waals surface area contributed by atoms with Gasteiger partial charge in [0.2, 0.25) is 0 Å². The summed E-state index contributed by atoms with van der Waals surface area (Å²) in [4.78, 5) is 25.5. The minimum absolute atomic E-state index is 0.0826. The van der Waals surface area contributed by atoms with Gasteiger partial charge in [-0.15, -0.1) is 0 Å². The van der Waals surface area contributed by atoms with Crippen LogP contribution in [0.2, 0.25) is 0 Å². The number of aromatic nitrogens is 2. The van der Waals surface area contributed by atoms with E-state index in [4.69, 9.17) is 0 Å². The van der Waals surface area contributed by atoms with E-state index in [1.54, 1.807) is 0 Å². The van der Waals surface area contributed by atoms with Crippen LogP contribution in [-0.2, 0) is 6.42 Å². The number of carbonyl (C=O) groups excluding carboxylic acids is 1. The average Bonchev–Trinajstić information content (AvgIpc) is 3.10. The number of likely N-dealkylation sites (tertiary alicyclic amines) is 1. The molecular formula is C20H23N3O3. The Morgan fingerprint density at radius 3 is 2.46 bits per heavy atom. The molecule has 2 atom stereocenters. The predicted octanol–water partition coefficient (Wildman–Crippen LogP) is 1.27. The van der Waals surface area contributed by atoms with E-state index >= 15 is 0 Å². The Bertz CT molecular complexity index is 814. The molecule has 136 valence electrons. The summed E-state index contributed by atoms with van der Waals surface area (Å²) in [5.74, 6) is 0.779. The van der Waals surface area contributed by atoms with Gasteiger partial charge in [-0.25, -0.2) is 5.10 Å². The summed E-state index contributed by atoms with van der Waals surface area (Å²) < 4.78 is 0. The molecule has 4 rings (SSSR count). The fourth-order valence-corrected chi connectivity index (χ4v) is 4.59. The first-order chi connectivity index (χ1) is 12.5. The zero-order valence-corrected chi connectivity index (χ0v) is 14.6. The van der Waals surface area contributed by atoms with E-state index in [0.29, 0.717) is 30.5 Å². The van der Waals surface area contributed by atoms with Crippen molar-refractivity contribution in [3.8, 4) is 0 Å². The average molecular weight is 353 g/mol. The zero-order valence-electron chi connectivity index (χ0n) is 14.6. The van der Waals surface area contributed by atoms with Gasteiger partial charge in [-0.2, -0.15) is 5.10 Å². The SMILES string of the molecule is O=C(CN1CC2CC(O)(Cc3ccccc3)CC2C1)c1ccc(=O)[nH]n1. The lowest BCUT2D eigenvalue weighted by atomic mass is 9.91. The third-order valence-corrected chi connectivity index (χ3v) is 5.64. The van der Waals surface area contributed by atoms with Gasteiger partial charge in [0.25, 0.3) is 5.56 Å². The molecule has 2 unspecified atom stereocenters. The highest BCUT2D eigenvalue weighted by Crippen LogP contribution is 2.45. The van der Waals surface area contributed by atoms with Crippen molar-refractivity contribution in [1.29, 1.82) is 0 Å². The van der Waals surface area contributed by atoms with E-state index in [9.17, 15) is 14.7 Å². The summed E-state index contributed by atoms with van der Waals surface area (Å²) in [6.07, 6.45) is 2.27. The molecule has 2 N–H and O–H groups in total. The molecule has 1 aliphatic carbocycles. The topological polar surface area (TPSA) is 86.3 Å². The van der Waals surface area contributed by atoms with Gasteiger partial charge in [-0.1, -0.05) is 30.3 Å². The number of Topliss-reactive ketones (excluding diaryl/α,β-unsaturated/α-hetero) is 1. The number of ketones is 1. The third kappa shape index (κ3) is 3.61. The second kappa shape index (κ2) is 6.78. The molecule has 6 nitrogen and oxygen atoms in total. The molecule has 2 heterocycles. The fraction of sp³-hybridized carbons (Fsp3) is 0.450. The molecular weight excluding hydrogens is 330 g/mol. The van der Waals surface area contributed by atoms with Gasteiger partial charge in [0.1, 0.15) is 5.69 Å². The lowest BCUT2D eigenvalue weighted by molar-refractivity contribution is 0.0355. The van der Waals surface area contributed by atoms with Crippen LogP contribution < -0.4 is 5.56 Å². The Kier molecular flexibility index (Phi) is 4.46. The minimum Gasteiger partial charge on any atom is -0.390 e. The number of aliphatic hydroxyl groups is 1. The number of benzene rings is 1. The van der Waals surface area contributed by atoms with Crippen LogP contribution in [0.25, 0.3) is 0 Å². The predicted molar refractivity (Wildman–Crippen MR) is 96.9 cm³/mol. The van der Waals surface area contributed by atoms with Crippen molar-refractivity contribution in [3.05, 3.63) is 64.1 Å². The maximum absolute atomic E-state index is 12.3. The smallest absolute Gasteiger partial charge is 0.264 e. The summed E-state index contributed by atoms with van der Waals surface area (Å²) in [7, 11) is 0. The second-order valence-electron chi connectivity index (χ2n) is 7.74. The summed E-state index contributed by atoms with van der Waals surface area (Å²) >= 11 is 0. The molecule has 0 radical (unpaired) electrons. The normalized spacial score (nSPS) is 28.2. The first-order valence-electron chi connectivity index (χ1n) is 9.08. The molecule has 1 saturated heterocycles. The minimum atomic E-state index is -0.632. The van der Waals surface area contributed by atoms with Crippen molar-refractivity contribution in [2.24, 2.45) is 11.8 Å². The molecule has 1 aliphatic heterocycles. The van der Waals surface area contributed by atoms with E-state index in [2.05, 4.69) is 27.2 Å². The monoisotopic (exact) mass is 353 g/mol. The maximum Gasteiger partial charge on any atom is 0.264 e. The molecule has 0 amide bonds. The zero-order chi connectivity index (χ0) is 18.1. The van der Waals surface area contributed by atoms with Crippen LogP contribution in [0.3, 0.4) is 0 Å². The van der Waals surface area contributed by atoms with Crippen LogP contribution in [0.5, 0.6) is 0 Å². The van der Waals surface area contributed by atoms with Crippen molar-refractivity contribution in [1.82, 2.24) is 15.1 Å². The van der Waals surface area contributed by atoms with Crippen molar-refractivity contribution in [2.45, 2.75) is 24.9 Å². The Balaban J connectivity index is 1.34. The van der Waals surface area contributed by atoms with Gasteiger partial charge in [-0.05, 0) is 36.3 Å². The first-order valence-corrected chi connectivity index (χ1v) is 9.08. The van der Waals surface area contributed by atoms with Crippen LogP contribution in [0.4, 0.5) is 0 Å². The molecule has 0 spiro atoms. The standard InChI is InChI=1S/C20H23N3O3/c24-18(17-6-7-19(25)22-21-17)13-23-11-15-9-20(26,10-16(15)12-23)8-14-4-2-1-3-5-14/h1-7,15-16,26H,8-13H2,(H,22,25). The Morgan fingerprint density at radius 2 is 1.85 bits per heavy atom. The number of rotatable bonds is 5. The highest BCUT2D eigenvalue weighted by atomic mass is 16.3. The van der Waals surface area contributed by atoms with E-state index in [-0.39, 0.29) is 11.3 Å². The molecule has 1 aromatic carbocycles. The molecule has 2 aliphatic rings. The van der Waals surface area contributed by atoms with Crippen LogP contribution in [0.15, 0.2) is 47.3 Å². The number of aromatic amines is 1. The maximum atomic E-state index is 12.3. The Labute approximate surface area is 151 Å². The van der Waals surface area contributed by atoms with Crippen molar-refractivity contribution in [2.75, 3.05) is 19.6 Å². The number of nitrogens with zero attached hydrogens (tertiary/aromatic N) is 2. The van der Waals surface area contributed by atoms with Gasteiger partial charge in [0.05, 0.1) is 12.1 Å². The van der Waals surface area contributed by atoms with E-state index in [0.717, 1.165) is 25.9 Å². The number of nitrogens with one attached hydrogen (secondary N) is 1. The lowest BCUT2D eigenvalue weighted by Crippen LogP contribution is -2.34. The van der Waals surface area contributed by atoms with E-state index in [1.807, 2.05) is 18.2 Å². The number of H-pyrrole nitrogens is 1. The molecule has 0 bridgehead atoms. The number of carbonyl (C=O) groups is 1. The van der Waals surface area contributed by atoms with Gasteiger partial charge < -0.3 is 5.11 Å². The Morgan fingerprint density at radius 1 is 1.15 bits per heavy atom. The van der Waals surface area contributed by atoms with Crippen LogP contribution in [-0.4, -0.2) is 51.2 Å². The largest absolute Gasteiger partial charge is 0.390 e. The second-order valence-corrected chi connectivity index (χ2v) is 7.74. The first kappa shape index (κ1) is 17.1. The highest BCUT2D eigenvalue weighted by Gasteiger charge is 2.48. The van der Waals surface area contributed by atoms with E-state index < -0.39 is 5.60 Å².